The molecule has 1 aliphatic rings. The summed E-state index contributed by atoms with van der Waals surface area (Å²) in [4.78, 5) is 13.7. The van der Waals surface area contributed by atoms with Crippen LogP contribution in [0.25, 0.3) is 0 Å². The number of piperidine rings is 1. The van der Waals surface area contributed by atoms with E-state index in [0.717, 1.165) is 37.1 Å². The second-order valence-electron chi connectivity index (χ2n) is 5.04. The summed E-state index contributed by atoms with van der Waals surface area (Å²) in [5, 5.41) is 0. The minimum atomic E-state index is -0.244. The van der Waals surface area contributed by atoms with Crippen LogP contribution in [0.15, 0.2) is 18.2 Å². The van der Waals surface area contributed by atoms with Gasteiger partial charge in [-0.15, -0.1) is 0 Å². The van der Waals surface area contributed by atoms with E-state index in [-0.39, 0.29) is 11.9 Å². The van der Waals surface area contributed by atoms with E-state index in [0.29, 0.717) is 12.3 Å². The van der Waals surface area contributed by atoms with Crippen molar-refractivity contribution >= 4 is 5.91 Å². The first-order valence-corrected chi connectivity index (χ1v) is 6.90. The molecule has 1 heterocycles. The highest BCUT2D eigenvalue weighted by Crippen LogP contribution is 2.32. The van der Waals surface area contributed by atoms with E-state index in [1.807, 2.05) is 18.2 Å². The SMILES string of the molecule is COc1cccc(CN2CCCC[C@H]2C(N)=O)c1OC. The molecule has 5 heteroatoms. The summed E-state index contributed by atoms with van der Waals surface area (Å²) in [5.41, 5.74) is 6.52. The van der Waals surface area contributed by atoms with Crippen LogP contribution in [0.1, 0.15) is 24.8 Å². The minimum Gasteiger partial charge on any atom is -0.493 e. The largest absolute Gasteiger partial charge is 0.493 e. The first-order valence-electron chi connectivity index (χ1n) is 6.90. The van der Waals surface area contributed by atoms with Crippen molar-refractivity contribution < 1.29 is 14.3 Å². The Morgan fingerprint density at radius 2 is 2.15 bits per heavy atom. The number of carbonyl (C=O) groups is 1. The third kappa shape index (κ3) is 3.04. The molecule has 1 saturated heterocycles. The van der Waals surface area contributed by atoms with E-state index in [1.54, 1.807) is 14.2 Å². The van der Waals surface area contributed by atoms with E-state index in [2.05, 4.69) is 4.90 Å². The predicted molar refractivity (Wildman–Crippen MR) is 76.8 cm³/mol. The molecule has 20 heavy (non-hydrogen) atoms. The molecule has 0 bridgehead atoms. The van der Waals surface area contributed by atoms with E-state index in [4.69, 9.17) is 15.2 Å². The second kappa shape index (κ2) is 6.61. The lowest BCUT2D eigenvalue weighted by molar-refractivity contribution is -0.124. The van der Waals surface area contributed by atoms with Crippen molar-refractivity contribution in [2.45, 2.75) is 31.8 Å². The molecule has 2 rings (SSSR count). The Morgan fingerprint density at radius 3 is 2.80 bits per heavy atom. The minimum absolute atomic E-state index is 0.181. The highest BCUT2D eigenvalue weighted by Gasteiger charge is 2.27. The Kier molecular flexibility index (Phi) is 4.84. The number of amides is 1. The van der Waals surface area contributed by atoms with Gasteiger partial charge in [0.05, 0.1) is 20.3 Å². The van der Waals surface area contributed by atoms with Crippen LogP contribution in [0.3, 0.4) is 0 Å². The van der Waals surface area contributed by atoms with Crippen LogP contribution in [0.4, 0.5) is 0 Å². The monoisotopic (exact) mass is 278 g/mol. The molecule has 1 aromatic carbocycles. The normalized spacial score (nSPS) is 19.6. The molecule has 0 unspecified atom stereocenters. The summed E-state index contributed by atoms with van der Waals surface area (Å²) >= 11 is 0. The summed E-state index contributed by atoms with van der Waals surface area (Å²) in [6.45, 7) is 1.53. The van der Waals surface area contributed by atoms with Crippen LogP contribution >= 0.6 is 0 Å². The number of para-hydroxylation sites is 1. The average molecular weight is 278 g/mol. The van der Waals surface area contributed by atoms with Gasteiger partial charge in [-0.05, 0) is 25.5 Å². The highest BCUT2D eigenvalue weighted by molar-refractivity contribution is 5.79. The molecule has 5 nitrogen and oxygen atoms in total. The number of carbonyl (C=O) groups excluding carboxylic acids is 1. The predicted octanol–water partition coefficient (Wildman–Crippen LogP) is 1.54. The summed E-state index contributed by atoms with van der Waals surface area (Å²) < 4.78 is 10.7. The van der Waals surface area contributed by atoms with Gasteiger partial charge in [0, 0.05) is 12.1 Å². The maximum Gasteiger partial charge on any atom is 0.234 e. The van der Waals surface area contributed by atoms with Crippen molar-refractivity contribution in [3.8, 4) is 11.5 Å². The lowest BCUT2D eigenvalue weighted by atomic mass is 10.0. The van der Waals surface area contributed by atoms with E-state index >= 15 is 0 Å². The zero-order valence-electron chi connectivity index (χ0n) is 12.1. The molecule has 0 radical (unpaired) electrons. The molecule has 0 aliphatic carbocycles. The number of nitrogens with two attached hydrogens (primary N) is 1. The Hall–Kier alpha value is -1.75. The van der Waals surface area contributed by atoms with Crippen molar-refractivity contribution in [1.82, 2.24) is 4.90 Å². The smallest absolute Gasteiger partial charge is 0.234 e. The van der Waals surface area contributed by atoms with E-state index in [1.165, 1.54) is 0 Å². The van der Waals surface area contributed by atoms with Gasteiger partial charge in [-0.2, -0.15) is 0 Å². The Balaban J connectivity index is 2.22. The molecule has 0 saturated carbocycles. The molecule has 0 aromatic heterocycles. The van der Waals surface area contributed by atoms with Gasteiger partial charge in [0.25, 0.3) is 0 Å². The molecular weight excluding hydrogens is 256 g/mol. The van der Waals surface area contributed by atoms with Gasteiger partial charge in [0.2, 0.25) is 5.91 Å². The number of hydrogen-bond acceptors (Lipinski definition) is 4. The number of hydrogen-bond donors (Lipinski definition) is 1. The molecule has 0 spiro atoms. The average Bonchev–Trinajstić information content (AvgIpc) is 2.47. The van der Waals surface area contributed by atoms with Crippen LogP contribution in [0.5, 0.6) is 11.5 Å². The Labute approximate surface area is 119 Å². The molecule has 1 aromatic rings. The summed E-state index contributed by atoms with van der Waals surface area (Å²) in [6.07, 6.45) is 2.98. The zero-order valence-corrected chi connectivity index (χ0v) is 12.1. The summed E-state index contributed by atoms with van der Waals surface area (Å²) in [6, 6.07) is 5.61. The van der Waals surface area contributed by atoms with Crippen molar-refractivity contribution in [3.63, 3.8) is 0 Å². The number of nitrogens with zero attached hydrogens (tertiary/aromatic N) is 1. The Bertz CT molecular complexity index is 476. The van der Waals surface area contributed by atoms with Crippen LogP contribution in [0.2, 0.25) is 0 Å². The zero-order chi connectivity index (χ0) is 14.5. The molecule has 2 N–H and O–H groups in total. The molecule has 1 amide bonds. The van der Waals surface area contributed by atoms with Crippen LogP contribution < -0.4 is 15.2 Å². The van der Waals surface area contributed by atoms with Crippen molar-refractivity contribution in [3.05, 3.63) is 23.8 Å². The highest BCUT2D eigenvalue weighted by atomic mass is 16.5. The molecular formula is C15H22N2O3. The van der Waals surface area contributed by atoms with Crippen LogP contribution in [0, 0.1) is 0 Å². The summed E-state index contributed by atoms with van der Waals surface area (Å²) in [5.74, 6) is 1.19. The lowest BCUT2D eigenvalue weighted by Crippen LogP contribution is -2.47. The third-order valence-electron chi connectivity index (χ3n) is 3.80. The van der Waals surface area contributed by atoms with Gasteiger partial charge in [-0.3, -0.25) is 9.69 Å². The number of methoxy groups -OCH3 is 2. The first kappa shape index (κ1) is 14.7. The molecule has 110 valence electrons. The maximum absolute atomic E-state index is 11.6. The number of primary amides is 1. The van der Waals surface area contributed by atoms with Crippen molar-refractivity contribution in [2.75, 3.05) is 20.8 Å². The fraction of sp³-hybridized carbons (Fsp3) is 0.533. The van der Waals surface area contributed by atoms with Gasteiger partial charge in [0.15, 0.2) is 11.5 Å². The van der Waals surface area contributed by atoms with Crippen LogP contribution in [-0.4, -0.2) is 37.6 Å². The maximum atomic E-state index is 11.6. The number of likely N-dealkylation sites (tertiary alicyclic amines) is 1. The Morgan fingerprint density at radius 1 is 1.35 bits per heavy atom. The van der Waals surface area contributed by atoms with Crippen molar-refractivity contribution in [1.29, 1.82) is 0 Å². The standard InChI is InChI=1S/C15H22N2O3/c1-19-13-8-5-6-11(14(13)20-2)10-17-9-4-3-7-12(17)15(16)18/h5-6,8,12H,3-4,7,9-10H2,1-2H3,(H2,16,18)/t12-/m0/s1. The van der Waals surface area contributed by atoms with Gasteiger partial charge in [-0.25, -0.2) is 0 Å². The number of benzene rings is 1. The van der Waals surface area contributed by atoms with E-state index in [9.17, 15) is 4.79 Å². The molecule has 1 atom stereocenters. The lowest BCUT2D eigenvalue weighted by Gasteiger charge is -2.33. The van der Waals surface area contributed by atoms with E-state index < -0.39 is 0 Å². The second-order valence-corrected chi connectivity index (χ2v) is 5.04. The van der Waals surface area contributed by atoms with Gasteiger partial charge in [0.1, 0.15) is 0 Å². The third-order valence-corrected chi connectivity index (χ3v) is 3.80. The molecule has 1 fully saturated rings. The van der Waals surface area contributed by atoms with Gasteiger partial charge >= 0.3 is 0 Å². The number of ether oxygens (including phenoxy) is 2. The number of rotatable bonds is 5. The first-order chi connectivity index (χ1) is 9.67. The molecule has 1 aliphatic heterocycles. The van der Waals surface area contributed by atoms with Crippen LogP contribution in [-0.2, 0) is 11.3 Å². The van der Waals surface area contributed by atoms with Gasteiger partial charge < -0.3 is 15.2 Å². The van der Waals surface area contributed by atoms with Crippen molar-refractivity contribution in [2.24, 2.45) is 5.73 Å². The summed E-state index contributed by atoms with van der Waals surface area (Å²) in [7, 11) is 3.25. The quantitative estimate of drug-likeness (QED) is 0.887. The van der Waals surface area contributed by atoms with Gasteiger partial charge in [-0.1, -0.05) is 18.6 Å². The fourth-order valence-electron chi connectivity index (χ4n) is 2.80. The topological polar surface area (TPSA) is 64.8 Å². The fourth-order valence-corrected chi connectivity index (χ4v) is 2.80.